The van der Waals surface area contributed by atoms with Gasteiger partial charge in [-0.05, 0) is 37.2 Å². The molecule has 0 unspecified atom stereocenters. The molecule has 2 aliphatic rings. The van der Waals surface area contributed by atoms with Crippen molar-refractivity contribution in [1.29, 1.82) is 0 Å². The molecule has 0 atom stereocenters. The number of H-pyrrole nitrogens is 1. The first-order chi connectivity index (χ1) is 10.9. The third-order valence-electron chi connectivity index (χ3n) is 5.12. The number of benzene rings is 1. The minimum absolute atomic E-state index is 0.0858. The van der Waals surface area contributed by atoms with E-state index >= 15 is 4.39 Å². The predicted octanol–water partition coefficient (Wildman–Crippen LogP) is 2.30. The van der Waals surface area contributed by atoms with E-state index in [0.717, 1.165) is 0 Å². The molecular formula is C16H16FN3O3. The van der Waals surface area contributed by atoms with E-state index in [1.54, 1.807) is 24.3 Å². The van der Waals surface area contributed by atoms with Crippen LogP contribution in [0, 0.1) is 5.41 Å². The Kier molecular flexibility index (Phi) is 2.79. The lowest BCUT2D eigenvalue weighted by Crippen LogP contribution is -2.60. The zero-order chi connectivity index (χ0) is 16.2. The summed E-state index contributed by atoms with van der Waals surface area (Å²) < 4.78 is 15.3. The third kappa shape index (κ3) is 2.10. The molecule has 6 nitrogen and oxygen atoms in total. The van der Waals surface area contributed by atoms with Crippen molar-refractivity contribution < 1.29 is 14.3 Å². The Hall–Kier alpha value is -2.44. The second-order valence-electron chi connectivity index (χ2n) is 6.82. The average molecular weight is 317 g/mol. The fourth-order valence-corrected chi connectivity index (χ4v) is 4.31. The minimum atomic E-state index is -1.56. The van der Waals surface area contributed by atoms with Crippen LogP contribution in [0.2, 0.25) is 0 Å². The van der Waals surface area contributed by atoms with Gasteiger partial charge in [0.25, 0.3) is 5.56 Å². The van der Waals surface area contributed by atoms with E-state index in [1.807, 2.05) is 0 Å². The van der Waals surface area contributed by atoms with Crippen molar-refractivity contribution in [3.05, 3.63) is 40.3 Å². The molecule has 23 heavy (non-hydrogen) atoms. The molecule has 7 heteroatoms. The standard InChI is InChI=1S/C16H16FN3O3/c17-16(7-15(8-16)5-9(6-15)18-14(22)23)12-10-3-1-2-4-11(10)13(21)20-19-12/h1-4,9,18H,5-8H2,(H,20,21)(H,22,23). The van der Waals surface area contributed by atoms with Crippen molar-refractivity contribution in [2.45, 2.75) is 37.4 Å². The van der Waals surface area contributed by atoms with Crippen LogP contribution in [0.1, 0.15) is 31.4 Å². The molecule has 2 fully saturated rings. The molecule has 120 valence electrons. The number of hydrogen-bond acceptors (Lipinski definition) is 3. The first-order valence-corrected chi connectivity index (χ1v) is 7.57. The van der Waals surface area contributed by atoms with Gasteiger partial charge in [-0.1, -0.05) is 18.2 Å². The van der Waals surface area contributed by atoms with E-state index in [1.165, 1.54) is 0 Å². The first kappa shape index (κ1) is 14.2. The molecule has 2 aromatic rings. The van der Waals surface area contributed by atoms with Crippen molar-refractivity contribution in [3.8, 4) is 0 Å². The zero-order valence-electron chi connectivity index (χ0n) is 12.3. The van der Waals surface area contributed by atoms with Crippen LogP contribution in [-0.4, -0.2) is 27.4 Å². The largest absolute Gasteiger partial charge is 0.465 e. The number of aromatic nitrogens is 2. The van der Waals surface area contributed by atoms with Crippen LogP contribution < -0.4 is 10.9 Å². The molecule has 1 spiro atoms. The number of fused-ring (bicyclic) bond motifs is 1. The van der Waals surface area contributed by atoms with E-state index in [9.17, 15) is 9.59 Å². The Bertz CT molecular complexity index is 849. The van der Waals surface area contributed by atoms with Gasteiger partial charge in [-0.25, -0.2) is 14.3 Å². The molecule has 0 saturated heterocycles. The molecular weight excluding hydrogens is 301 g/mol. The van der Waals surface area contributed by atoms with Crippen LogP contribution in [0.15, 0.2) is 29.1 Å². The minimum Gasteiger partial charge on any atom is -0.465 e. The van der Waals surface area contributed by atoms with Crippen LogP contribution in [0.4, 0.5) is 9.18 Å². The zero-order valence-corrected chi connectivity index (χ0v) is 12.3. The van der Waals surface area contributed by atoms with E-state index in [2.05, 4.69) is 15.5 Å². The van der Waals surface area contributed by atoms with Crippen LogP contribution in [0.3, 0.4) is 0 Å². The summed E-state index contributed by atoms with van der Waals surface area (Å²) in [7, 11) is 0. The summed E-state index contributed by atoms with van der Waals surface area (Å²) in [6.07, 6.45) is 0.921. The highest BCUT2D eigenvalue weighted by Gasteiger charge is 2.62. The monoisotopic (exact) mass is 317 g/mol. The Balaban J connectivity index is 1.58. The van der Waals surface area contributed by atoms with Crippen LogP contribution in [-0.2, 0) is 5.67 Å². The second kappa shape index (κ2) is 4.53. The molecule has 1 aromatic carbocycles. The lowest BCUT2D eigenvalue weighted by Gasteiger charge is -2.59. The molecule has 2 saturated carbocycles. The number of hydrogen-bond donors (Lipinski definition) is 3. The number of amides is 1. The molecule has 1 heterocycles. The second-order valence-corrected chi connectivity index (χ2v) is 6.82. The molecule has 0 aliphatic heterocycles. The van der Waals surface area contributed by atoms with Crippen molar-refractivity contribution in [1.82, 2.24) is 15.5 Å². The number of alkyl halides is 1. The first-order valence-electron chi connectivity index (χ1n) is 7.57. The van der Waals surface area contributed by atoms with Gasteiger partial charge in [-0.15, -0.1) is 0 Å². The summed E-state index contributed by atoms with van der Waals surface area (Å²) in [4.78, 5) is 22.4. The Morgan fingerprint density at radius 1 is 1.30 bits per heavy atom. The van der Waals surface area contributed by atoms with Gasteiger partial charge >= 0.3 is 6.09 Å². The molecule has 1 aromatic heterocycles. The molecule has 0 radical (unpaired) electrons. The number of halogens is 1. The lowest BCUT2D eigenvalue weighted by atomic mass is 9.48. The SMILES string of the molecule is O=C(O)NC1CC2(C1)CC(F)(c1n[nH]c(=O)c3ccccc13)C2. The van der Waals surface area contributed by atoms with Gasteiger partial charge in [-0.2, -0.15) is 5.10 Å². The van der Waals surface area contributed by atoms with Gasteiger partial charge in [0.2, 0.25) is 0 Å². The maximum absolute atomic E-state index is 15.3. The van der Waals surface area contributed by atoms with Crippen molar-refractivity contribution in [2.75, 3.05) is 0 Å². The quantitative estimate of drug-likeness (QED) is 0.792. The van der Waals surface area contributed by atoms with E-state index < -0.39 is 11.8 Å². The maximum atomic E-state index is 15.3. The predicted molar refractivity (Wildman–Crippen MR) is 81.0 cm³/mol. The Morgan fingerprint density at radius 3 is 2.61 bits per heavy atom. The topological polar surface area (TPSA) is 95.1 Å². The summed E-state index contributed by atoms with van der Waals surface area (Å²) in [5.74, 6) is 0. The summed E-state index contributed by atoms with van der Waals surface area (Å²) in [5.41, 5.74) is -1.73. The molecule has 0 bridgehead atoms. The Labute approximate surface area is 130 Å². The van der Waals surface area contributed by atoms with Crippen molar-refractivity contribution in [3.63, 3.8) is 0 Å². The highest BCUT2D eigenvalue weighted by atomic mass is 19.1. The number of aromatic amines is 1. The summed E-state index contributed by atoms with van der Waals surface area (Å²) in [6, 6.07) is 6.79. The van der Waals surface area contributed by atoms with Crippen LogP contribution in [0.5, 0.6) is 0 Å². The summed E-state index contributed by atoms with van der Waals surface area (Å²) >= 11 is 0. The normalized spacial score (nSPS) is 32.3. The number of carbonyl (C=O) groups is 1. The fraction of sp³-hybridized carbons (Fsp3) is 0.438. The van der Waals surface area contributed by atoms with E-state index in [0.29, 0.717) is 36.5 Å². The summed E-state index contributed by atoms with van der Waals surface area (Å²) in [5, 5.41) is 18.5. The van der Waals surface area contributed by atoms with Gasteiger partial charge in [0.05, 0.1) is 5.39 Å². The fourth-order valence-electron chi connectivity index (χ4n) is 4.31. The average Bonchev–Trinajstić information content (AvgIpc) is 2.43. The number of nitrogens with one attached hydrogen (secondary N) is 2. The number of nitrogens with zero attached hydrogens (tertiary/aromatic N) is 1. The highest BCUT2D eigenvalue weighted by molar-refractivity contribution is 5.84. The maximum Gasteiger partial charge on any atom is 0.404 e. The van der Waals surface area contributed by atoms with E-state index in [-0.39, 0.29) is 22.7 Å². The highest BCUT2D eigenvalue weighted by Crippen LogP contribution is 2.65. The van der Waals surface area contributed by atoms with E-state index in [4.69, 9.17) is 5.11 Å². The Morgan fingerprint density at radius 2 is 1.96 bits per heavy atom. The van der Waals surface area contributed by atoms with Crippen molar-refractivity contribution in [2.24, 2.45) is 5.41 Å². The van der Waals surface area contributed by atoms with Gasteiger partial charge in [-0.3, -0.25) is 4.79 Å². The smallest absolute Gasteiger partial charge is 0.404 e. The van der Waals surface area contributed by atoms with Crippen molar-refractivity contribution >= 4 is 16.9 Å². The molecule has 3 N–H and O–H groups in total. The molecule has 4 rings (SSSR count). The number of rotatable bonds is 2. The van der Waals surface area contributed by atoms with Gasteiger partial charge < -0.3 is 10.4 Å². The van der Waals surface area contributed by atoms with Crippen LogP contribution >= 0.6 is 0 Å². The van der Waals surface area contributed by atoms with Gasteiger partial charge in [0, 0.05) is 11.4 Å². The molecule has 2 aliphatic carbocycles. The summed E-state index contributed by atoms with van der Waals surface area (Å²) in [6.45, 7) is 0. The number of carboxylic acid groups (broad SMARTS) is 1. The van der Waals surface area contributed by atoms with Gasteiger partial charge in [0.1, 0.15) is 5.69 Å². The van der Waals surface area contributed by atoms with Gasteiger partial charge in [0.15, 0.2) is 5.67 Å². The molecule has 1 amide bonds. The van der Waals surface area contributed by atoms with Crippen LogP contribution in [0.25, 0.3) is 10.8 Å². The third-order valence-corrected chi connectivity index (χ3v) is 5.12. The lowest BCUT2D eigenvalue weighted by molar-refractivity contribution is -0.133.